The number of anilines is 1. The number of aromatic nitrogens is 2. The molecule has 1 N–H and O–H groups in total. The predicted molar refractivity (Wildman–Crippen MR) is 114 cm³/mol. The largest absolute Gasteiger partial charge is 0.356 e. The Morgan fingerprint density at radius 3 is 2.48 bits per heavy atom. The second kappa shape index (κ2) is 8.97. The highest BCUT2D eigenvalue weighted by atomic mass is 16.2. The van der Waals surface area contributed by atoms with E-state index in [2.05, 4.69) is 30.1 Å². The lowest BCUT2D eigenvalue weighted by Gasteiger charge is -2.34. The third-order valence-electron chi connectivity index (χ3n) is 6.70. The molecule has 3 fully saturated rings. The van der Waals surface area contributed by atoms with Crippen LogP contribution in [-0.4, -0.2) is 84.5 Å². The van der Waals surface area contributed by atoms with Crippen LogP contribution in [0.15, 0.2) is 23.5 Å². The van der Waals surface area contributed by atoms with Gasteiger partial charge in [0.15, 0.2) is 5.96 Å². The first kappa shape index (κ1) is 19.9. The first-order chi connectivity index (χ1) is 14.2. The minimum atomic E-state index is 0.204. The average molecular weight is 400 g/mol. The molecule has 2 aliphatic heterocycles. The maximum atomic E-state index is 12.6. The second-order valence-corrected chi connectivity index (χ2v) is 8.52. The van der Waals surface area contributed by atoms with Crippen molar-refractivity contribution in [2.75, 3.05) is 57.8 Å². The fourth-order valence-corrected chi connectivity index (χ4v) is 5.03. The number of hydrogen-bond donors (Lipinski definition) is 1. The summed E-state index contributed by atoms with van der Waals surface area (Å²) < 4.78 is 0. The summed E-state index contributed by atoms with van der Waals surface area (Å²) in [6.45, 7) is 5.83. The number of amides is 1. The van der Waals surface area contributed by atoms with Crippen LogP contribution in [0.3, 0.4) is 0 Å². The summed E-state index contributed by atoms with van der Waals surface area (Å²) in [7, 11) is 1.84. The molecule has 2 saturated heterocycles. The molecule has 0 aromatic carbocycles. The van der Waals surface area contributed by atoms with E-state index in [1.165, 1.54) is 32.1 Å². The van der Waals surface area contributed by atoms with Crippen LogP contribution in [0.25, 0.3) is 0 Å². The maximum Gasteiger partial charge on any atom is 0.225 e. The van der Waals surface area contributed by atoms with Crippen molar-refractivity contribution in [2.24, 2.45) is 10.4 Å². The van der Waals surface area contributed by atoms with Crippen molar-refractivity contribution >= 4 is 17.8 Å². The van der Waals surface area contributed by atoms with Crippen LogP contribution in [0.2, 0.25) is 0 Å². The highest BCUT2D eigenvalue weighted by Crippen LogP contribution is 2.45. The molecule has 4 rings (SSSR count). The van der Waals surface area contributed by atoms with Gasteiger partial charge in [-0.05, 0) is 30.7 Å². The summed E-state index contributed by atoms with van der Waals surface area (Å²) >= 11 is 0. The number of nitrogens with zero attached hydrogens (tertiary/aromatic N) is 6. The number of carbonyl (C=O) groups excluding carboxylic acids is 1. The van der Waals surface area contributed by atoms with E-state index in [1.54, 1.807) is 12.4 Å². The number of hydrogen-bond acceptors (Lipinski definition) is 5. The molecule has 1 aromatic heterocycles. The van der Waals surface area contributed by atoms with Crippen molar-refractivity contribution in [3.05, 3.63) is 18.5 Å². The molecule has 3 aliphatic rings. The number of likely N-dealkylation sites (tertiary alicyclic amines) is 1. The van der Waals surface area contributed by atoms with Gasteiger partial charge in [0.1, 0.15) is 0 Å². The molecule has 1 amide bonds. The zero-order chi connectivity index (χ0) is 20.1. The van der Waals surface area contributed by atoms with Gasteiger partial charge in [-0.3, -0.25) is 9.79 Å². The van der Waals surface area contributed by atoms with Gasteiger partial charge in [-0.15, -0.1) is 0 Å². The van der Waals surface area contributed by atoms with Crippen molar-refractivity contribution in [3.8, 4) is 0 Å². The smallest absolute Gasteiger partial charge is 0.225 e. The van der Waals surface area contributed by atoms with Crippen LogP contribution in [0.4, 0.5) is 5.95 Å². The van der Waals surface area contributed by atoms with Crippen molar-refractivity contribution < 1.29 is 4.79 Å². The van der Waals surface area contributed by atoms with Crippen molar-refractivity contribution in [2.45, 2.75) is 38.5 Å². The number of piperazine rings is 1. The number of rotatable bonds is 4. The molecule has 0 unspecified atom stereocenters. The normalized spacial score (nSPS) is 21.8. The number of guanidine groups is 1. The van der Waals surface area contributed by atoms with E-state index in [0.717, 1.165) is 51.2 Å². The summed E-state index contributed by atoms with van der Waals surface area (Å²) in [4.78, 5) is 32.1. The fraction of sp³-hybridized carbons (Fsp3) is 0.714. The van der Waals surface area contributed by atoms with Gasteiger partial charge in [0.2, 0.25) is 11.9 Å². The van der Waals surface area contributed by atoms with Gasteiger partial charge >= 0.3 is 0 Å². The van der Waals surface area contributed by atoms with Gasteiger partial charge in [0.05, 0.1) is 0 Å². The topological polar surface area (TPSA) is 77.0 Å². The molecular weight excluding hydrogens is 366 g/mol. The zero-order valence-electron chi connectivity index (χ0n) is 17.5. The van der Waals surface area contributed by atoms with Crippen LogP contribution < -0.4 is 10.2 Å². The fourth-order valence-electron chi connectivity index (χ4n) is 5.03. The van der Waals surface area contributed by atoms with Crippen LogP contribution in [-0.2, 0) is 4.79 Å². The van der Waals surface area contributed by atoms with E-state index in [1.807, 2.05) is 18.0 Å². The number of aliphatic imine (C=N–C) groups is 1. The SMILES string of the molecule is CN=C(NCCC(=O)N1CCN(c2ncccn2)CC1)N1CCC2(CCCC2)C1. The third kappa shape index (κ3) is 4.62. The molecular formula is C21H33N7O. The monoisotopic (exact) mass is 399 g/mol. The summed E-state index contributed by atoms with van der Waals surface area (Å²) in [6, 6.07) is 1.82. The first-order valence-electron chi connectivity index (χ1n) is 10.9. The minimum Gasteiger partial charge on any atom is -0.356 e. The van der Waals surface area contributed by atoms with E-state index in [-0.39, 0.29) is 5.91 Å². The summed E-state index contributed by atoms with van der Waals surface area (Å²) in [5.41, 5.74) is 0.523. The van der Waals surface area contributed by atoms with E-state index >= 15 is 0 Å². The Hall–Kier alpha value is -2.38. The van der Waals surface area contributed by atoms with Gasteiger partial charge < -0.3 is 20.0 Å². The average Bonchev–Trinajstić information content (AvgIpc) is 3.41. The Labute approximate surface area is 173 Å². The lowest BCUT2D eigenvalue weighted by atomic mass is 9.86. The highest BCUT2D eigenvalue weighted by Gasteiger charge is 2.41. The Bertz CT molecular complexity index is 709. The molecule has 3 heterocycles. The molecule has 158 valence electrons. The molecule has 0 radical (unpaired) electrons. The van der Waals surface area contributed by atoms with Gasteiger partial charge in [0, 0.05) is 71.7 Å². The van der Waals surface area contributed by atoms with Crippen LogP contribution in [0, 0.1) is 5.41 Å². The van der Waals surface area contributed by atoms with Crippen molar-refractivity contribution in [3.63, 3.8) is 0 Å². The third-order valence-corrected chi connectivity index (χ3v) is 6.70. The lowest BCUT2D eigenvalue weighted by Crippen LogP contribution is -2.50. The zero-order valence-corrected chi connectivity index (χ0v) is 17.5. The molecule has 29 heavy (non-hydrogen) atoms. The Morgan fingerprint density at radius 2 is 1.79 bits per heavy atom. The van der Waals surface area contributed by atoms with Gasteiger partial charge in [0.25, 0.3) is 0 Å². The van der Waals surface area contributed by atoms with E-state index in [4.69, 9.17) is 0 Å². The van der Waals surface area contributed by atoms with Crippen molar-refractivity contribution in [1.82, 2.24) is 25.1 Å². The first-order valence-corrected chi connectivity index (χ1v) is 10.9. The van der Waals surface area contributed by atoms with E-state index in [9.17, 15) is 4.79 Å². The molecule has 1 aromatic rings. The molecule has 1 spiro atoms. The standard InChI is InChI=1S/C21H33N7O/c1-22-19(28-12-8-21(17-28)6-2-3-7-21)25-11-5-18(29)26-13-15-27(16-14-26)20-23-9-4-10-24-20/h4,9-10H,2-3,5-8,11-17H2,1H3,(H,22,25). The van der Waals surface area contributed by atoms with E-state index < -0.39 is 0 Å². The summed E-state index contributed by atoms with van der Waals surface area (Å²) in [5, 5.41) is 3.42. The Kier molecular flexibility index (Phi) is 6.16. The molecule has 1 aliphatic carbocycles. The predicted octanol–water partition coefficient (Wildman–Crippen LogP) is 1.36. The summed E-state index contributed by atoms with van der Waals surface area (Å²) in [6.07, 6.45) is 10.8. The quantitative estimate of drug-likeness (QED) is 0.609. The molecule has 8 nitrogen and oxygen atoms in total. The van der Waals surface area contributed by atoms with E-state index in [0.29, 0.717) is 18.4 Å². The molecule has 1 saturated carbocycles. The Morgan fingerprint density at radius 1 is 1.07 bits per heavy atom. The molecule has 8 heteroatoms. The number of nitrogens with one attached hydrogen (secondary N) is 1. The summed E-state index contributed by atoms with van der Waals surface area (Å²) in [5.74, 6) is 1.90. The number of carbonyl (C=O) groups is 1. The Balaban J connectivity index is 1.19. The lowest BCUT2D eigenvalue weighted by molar-refractivity contribution is -0.131. The minimum absolute atomic E-state index is 0.204. The van der Waals surface area contributed by atoms with Gasteiger partial charge in [-0.2, -0.15) is 0 Å². The van der Waals surface area contributed by atoms with Crippen molar-refractivity contribution in [1.29, 1.82) is 0 Å². The molecule has 0 atom stereocenters. The second-order valence-electron chi connectivity index (χ2n) is 8.52. The van der Waals surface area contributed by atoms with Gasteiger partial charge in [-0.25, -0.2) is 9.97 Å². The molecule has 0 bridgehead atoms. The van der Waals surface area contributed by atoms with Crippen LogP contribution >= 0.6 is 0 Å². The highest BCUT2D eigenvalue weighted by molar-refractivity contribution is 5.81. The van der Waals surface area contributed by atoms with Crippen LogP contribution in [0.5, 0.6) is 0 Å². The van der Waals surface area contributed by atoms with Crippen LogP contribution in [0.1, 0.15) is 38.5 Å². The maximum absolute atomic E-state index is 12.6. The van der Waals surface area contributed by atoms with Gasteiger partial charge in [-0.1, -0.05) is 12.8 Å².